The van der Waals surface area contributed by atoms with Crippen LogP contribution in [0, 0.1) is 6.92 Å². The van der Waals surface area contributed by atoms with Crippen LogP contribution in [0.25, 0.3) is 0 Å². The second-order valence-electron chi connectivity index (χ2n) is 5.06. The Kier molecular flexibility index (Phi) is 5.43. The summed E-state index contributed by atoms with van der Waals surface area (Å²) in [6.07, 6.45) is 0. The Bertz CT molecular complexity index is 637. The lowest BCUT2D eigenvalue weighted by molar-refractivity contribution is -0.113. The van der Waals surface area contributed by atoms with E-state index < -0.39 is 0 Å². The molecule has 0 unspecified atom stereocenters. The molecule has 1 aromatic carbocycles. The molecule has 0 aliphatic heterocycles. The second-order valence-corrected chi connectivity index (χ2v) is 6.00. The number of amides is 1. The van der Waals surface area contributed by atoms with Gasteiger partial charge in [-0.1, -0.05) is 11.8 Å². The summed E-state index contributed by atoms with van der Waals surface area (Å²) >= 11 is 1.38. The maximum Gasteiger partial charge on any atom is 0.234 e. The monoisotopic (exact) mass is 320 g/mol. The van der Waals surface area contributed by atoms with Crippen LogP contribution in [-0.4, -0.2) is 33.5 Å². The van der Waals surface area contributed by atoms with Crippen molar-refractivity contribution in [1.82, 2.24) is 14.8 Å². The predicted octanol–water partition coefficient (Wildman–Crippen LogP) is 2.91. The summed E-state index contributed by atoms with van der Waals surface area (Å²) in [6, 6.07) is 7.50. The van der Waals surface area contributed by atoms with Gasteiger partial charge in [0.05, 0.1) is 12.9 Å². The van der Waals surface area contributed by atoms with Gasteiger partial charge in [-0.3, -0.25) is 4.79 Å². The highest BCUT2D eigenvalue weighted by molar-refractivity contribution is 7.99. The van der Waals surface area contributed by atoms with Gasteiger partial charge in [-0.2, -0.15) is 0 Å². The van der Waals surface area contributed by atoms with Crippen molar-refractivity contribution in [2.75, 3.05) is 18.2 Å². The van der Waals surface area contributed by atoms with E-state index in [1.807, 2.05) is 35.8 Å². The predicted molar refractivity (Wildman–Crippen MR) is 87.5 cm³/mol. The number of methoxy groups -OCH3 is 1. The van der Waals surface area contributed by atoms with E-state index in [0.717, 1.165) is 22.4 Å². The van der Waals surface area contributed by atoms with Crippen LogP contribution in [-0.2, 0) is 4.79 Å². The number of nitrogens with one attached hydrogen (secondary N) is 1. The van der Waals surface area contributed by atoms with Crippen molar-refractivity contribution < 1.29 is 9.53 Å². The van der Waals surface area contributed by atoms with E-state index in [4.69, 9.17) is 4.74 Å². The zero-order valence-electron chi connectivity index (χ0n) is 13.2. The minimum absolute atomic E-state index is 0.0777. The number of ether oxygens (including phenoxy) is 1. The van der Waals surface area contributed by atoms with Gasteiger partial charge < -0.3 is 14.6 Å². The van der Waals surface area contributed by atoms with Crippen molar-refractivity contribution in [2.24, 2.45) is 0 Å². The molecule has 0 spiro atoms. The van der Waals surface area contributed by atoms with Crippen LogP contribution in [0.3, 0.4) is 0 Å². The molecule has 22 heavy (non-hydrogen) atoms. The van der Waals surface area contributed by atoms with Crippen LogP contribution in [0.4, 0.5) is 5.69 Å². The molecular weight excluding hydrogens is 300 g/mol. The number of rotatable bonds is 6. The van der Waals surface area contributed by atoms with Crippen LogP contribution >= 0.6 is 11.8 Å². The Morgan fingerprint density at radius 3 is 2.59 bits per heavy atom. The Morgan fingerprint density at radius 2 is 2.00 bits per heavy atom. The molecule has 118 valence electrons. The van der Waals surface area contributed by atoms with Crippen molar-refractivity contribution in [2.45, 2.75) is 32.0 Å². The number of anilines is 1. The van der Waals surface area contributed by atoms with E-state index >= 15 is 0 Å². The van der Waals surface area contributed by atoms with E-state index in [2.05, 4.69) is 29.4 Å². The lowest BCUT2D eigenvalue weighted by Gasteiger charge is -2.11. The molecule has 7 heteroatoms. The number of hydrogen-bond acceptors (Lipinski definition) is 5. The Labute approximate surface area is 134 Å². The summed E-state index contributed by atoms with van der Waals surface area (Å²) in [5.41, 5.74) is 0.743. The molecule has 6 nitrogen and oxygen atoms in total. The molecule has 0 atom stereocenters. The number of thioether (sulfide) groups is 1. The van der Waals surface area contributed by atoms with E-state index in [-0.39, 0.29) is 17.7 Å². The molecule has 0 aliphatic rings. The van der Waals surface area contributed by atoms with Crippen LogP contribution in [0.1, 0.15) is 25.7 Å². The molecule has 1 aromatic heterocycles. The van der Waals surface area contributed by atoms with Crippen molar-refractivity contribution in [3.63, 3.8) is 0 Å². The molecule has 1 amide bonds. The highest BCUT2D eigenvalue weighted by Crippen LogP contribution is 2.21. The van der Waals surface area contributed by atoms with Crippen LogP contribution in [0.5, 0.6) is 5.75 Å². The summed E-state index contributed by atoms with van der Waals surface area (Å²) < 4.78 is 7.10. The third kappa shape index (κ3) is 4.00. The smallest absolute Gasteiger partial charge is 0.234 e. The molecule has 0 radical (unpaired) electrons. The molecule has 0 saturated heterocycles. The molecule has 1 N–H and O–H groups in total. The maximum absolute atomic E-state index is 12.0. The molecular formula is C15H20N4O2S. The van der Waals surface area contributed by atoms with Gasteiger partial charge in [0, 0.05) is 11.7 Å². The van der Waals surface area contributed by atoms with Crippen LogP contribution in [0.15, 0.2) is 29.4 Å². The largest absolute Gasteiger partial charge is 0.497 e. The van der Waals surface area contributed by atoms with Gasteiger partial charge >= 0.3 is 0 Å². The molecule has 0 aliphatic carbocycles. The summed E-state index contributed by atoms with van der Waals surface area (Å²) in [6.45, 7) is 6.05. The van der Waals surface area contributed by atoms with Crippen molar-refractivity contribution in [3.8, 4) is 5.75 Å². The number of aryl methyl sites for hydroxylation is 1. The number of hydrogen-bond donors (Lipinski definition) is 1. The van der Waals surface area contributed by atoms with Crippen LogP contribution in [0.2, 0.25) is 0 Å². The Balaban J connectivity index is 1.92. The fourth-order valence-electron chi connectivity index (χ4n) is 2.04. The van der Waals surface area contributed by atoms with Gasteiger partial charge in [0.2, 0.25) is 5.91 Å². The van der Waals surface area contributed by atoms with Gasteiger partial charge in [-0.15, -0.1) is 10.2 Å². The number of aromatic nitrogens is 3. The van der Waals surface area contributed by atoms with Gasteiger partial charge in [0.15, 0.2) is 5.16 Å². The van der Waals surface area contributed by atoms with E-state index in [1.54, 1.807) is 7.11 Å². The molecule has 0 fully saturated rings. The average molecular weight is 320 g/mol. The lowest BCUT2D eigenvalue weighted by atomic mass is 10.3. The fraction of sp³-hybridized carbons (Fsp3) is 0.400. The normalized spacial score (nSPS) is 10.8. The first kappa shape index (κ1) is 16.4. The highest BCUT2D eigenvalue weighted by Gasteiger charge is 2.13. The molecule has 2 aromatic rings. The van der Waals surface area contributed by atoms with E-state index in [0.29, 0.717) is 0 Å². The van der Waals surface area contributed by atoms with Crippen LogP contribution < -0.4 is 10.1 Å². The van der Waals surface area contributed by atoms with Crippen molar-refractivity contribution in [3.05, 3.63) is 30.1 Å². The summed E-state index contributed by atoms with van der Waals surface area (Å²) in [5.74, 6) is 1.82. The summed E-state index contributed by atoms with van der Waals surface area (Å²) in [4.78, 5) is 12.0. The fourth-order valence-corrected chi connectivity index (χ4v) is 2.96. The third-order valence-corrected chi connectivity index (χ3v) is 4.00. The molecule has 1 heterocycles. The minimum atomic E-state index is -0.0777. The number of nitrogens with zero attached hydrogens (tertiary/aromatic N) is 3. The number of benzene rings is 1. The number of carbonyl (C=O) groups is 1. The van der Waals surface area contributed by atoms with Gasteiger partial charge in [-0.05, 0) is 45.0 Å². The lowest BCUT2D eigenvalue weighted by Crippen LogP contribution is -2.15. The minimum Gasteiger partial charge on any atom is -0.497 e. The maximum atomic E-state index is 12.0. The molecule has 2 rings (SSSR count). The standard InChI is InChI=1S/C15H20N4O2S/c1-10(2)19-11(3)17-18-15(19)22-9-14(20)16-12-5-7-13(21-4)8-6-12/h5-8,10H,9H2,1-4H3,(H,16,20). The third-order valence-electron chi connectivity index (χ3n) is 3.06. The van der Waals surface area contributed by atoms with Crippen molar-refractivity contribution >= 4 is 23.4 Å². The molecule has 0 saturated carbocycles. The topological polar surface area (TPSA) is 69.0 Å². The average Bonchev–Trinajstić information content (AvgIpc) is 2.87. The Morgan fingerprint density at radius 1 is 1.32 bits per heavy atom. The highest BCUT2D eigenvalue weighted by atomic mass is 32.2. The SMILES string of the molecule is COc1ccc(NC(=O)CSc2nnc(C)n2C(C)C)cc1. The van der Waals surface area contributed by atoms with Crippen molar-refractivity contribution in [1.29, 1.82) is 0 Å². The van der Waals surface area contributed by atoms with E-state index in [9.17, 15) is 4.79 Å². The first-order chi connectivity index (χ1) is 10.5. The number of carbonyl (C=O) groups excluding carboxylic acids is 1. The first-order valence-corrected chi connectivity index (χ1v) is 7.98. The van der Waals surface area contributed by atoms with Gasteiger partial charge in [0.25, 0.3) is 0 Å². The quantitative estimate of drug-likeness (QED) is 0.829. The second kappa shape index (κ2) is 7.31. The summed E-state index contributed by atoms with van der Waals surface area (Å²) in [7, 11) is 1.61. The Hall–Kier alpha value is -2.02. The summed E-state index contributed by atoms with van der Waals surface area (Å²) in [5, 5.41) is 11.8. The molecule has 0 bridgehead atoms. The zero-order chi connectivity index (χ0) is 16.1. The van der Waals surface area contributed by atoms with Gasteiger partial charge in [0.1, 0.15) is 11.6 Å². The van der Waals surface area contributed by atoms with Gasteiger partial charge in [-0.25, -0.2) is 0 Å². The van der Waals surface area contributed by atoms with E-state index in [1.165, 1.54) is 11.8 Å². The first-order valence-electron chi connectivity index (χ1n) is 6.99. The zero-order valence-corrected chi connectivity index (χ0v) is 14.0.